The minimum absolute atomic E-state index is 0.309. The molecular formula is C12H14ClFN2O2. The zero-order valence-corrected chi connectivity index (χ0v) is 10.5. The lowest BCUT2D eigenvalue weighted by atomic mass is 9.89. The second kappa shape index (κ2) is 4.23. The average Bonchev–Trinajstić information content (AvgIpc) is 2.94. The summed E-state index contributed by atoms with van der Waals surface area (Å²) in [5.41, 5.74) is -1.53. The van der Waals surface area contributed by atoms with Gasteiger partial charge in [-0.3, -0.25) is 14.3 Å². The van der Waals surface area contributed by atoms with E-state index in [9.17, 15) is 14.0 Å². The third-order valence-electron chi connectivity index (χ3n) is 4.39. The van der Waals surface area contributed by atoms with Crippen molar-refractivity contribution in [3.8, 4) is 0 Å². The fourth-order valence-electron chi connectivity index (χ4n) is 3.52. The minimum Gasteiger partial charge on any atom is -0.295 e. The zero-order chi connectivity index (χ0) is 12.9. The molecule has 3 unspecified atom stereocenters. The van der Waals surface area contributed by atoms with Gasteiger partial charge in [0.1, 0.15) is 0 Å². The van der Waals surface area contributed by atoms with Crippen LogP contribution in [0.1, 0.15) is 25.7 Å². The van der Waals surface area contributed by atoms with Crippen molar-refractivity contribution in [3.63, 3.8) is 0 Å². The number of halogens is 2. The van der Waals surface area contributed by atoms with Gasteiger partial charge in [0.15, 0.2) is 5.15 Å². The summed E-state index contributed by atoms with van der Waals surface area (Å²) in [5.74, 6) is 0.564. The molecule has 2 fully saturated rings. The monoisotopic (exact) mass is 272 g/mol. The molecule has 2 saturated carbocycles. The van der Waals surface area contributed by atoms with Crippen LogP contribution < -0.4 is 11.2 Å². The van der Waals surface area contributed by atoms with Crippen LogP contribution in [0.5, 0.6) is 0 Å². The first-order valence-corrected chi connectivity index (χ1v) is 6.62. The maximum atomic E-state index is 13.4. The predicted molar refractivity (Wildman–Crippen MR) is 65.2 cm³/mol. The molecule has 3 rings (SSSR count). The SMILES string of the molecule is O=c1[nH]c(Cl)c(F)c(=O)n1CC1CC2CCC1C2. The number of aromatic amines is 1. The molecule has 3 atom stereocenters. The van der Waals surface area contributed by atoms with Crippen molar-refractivity contribution in [2.24, 2.45) is 17.8 Å². The van der Waals surface area contributed by atoms with Gasteiger partial charge in [0.25, 0.3) is 5.56 Å². The Hall–Kier alpha value is -1.10. The molecule has 0 amide bonds. The third kappa shape index (κ3) is 1.81. The minimum atomic E-state index is -1.07. The molecular weight excluding hydrogens is 259 g/mol. The quantitative estimate of drug-likeness (QED) is 0.834. The van der Waals surface area contributed by atoms with Gasteiger partial charge in [-0.15, -0.1) is 0 Å². The number of fused-ring (bicyclic) bond motifs is 2. The van der Waals surface area contributed by atoms with Crippen LogP contribution in [-0.2, 0) is 6.54 Å². The van der Waals surface area contributed by atoms with E-state index in [0.717, 1.165) is 23.3 Å². The predicted octanol–water partition coefficient (Wildman–Crippen LogP) is 1.77. The van der Waals surface area contributed by atoms with Crippen LogP contribution in [0, 0.1) is 23.6 Å². The van der Waals surface area contributed by atoms with Crippen LogP contribution in [-0.4, -0.2) is 9.55 Å². The molecule has 1 heterocycles. The van der Waals surface area contributed by atoms with Gasteiger partial charge in [-0.2, -0.15) is 4.39 Å². The number of H-pyrrole nitrogens is 1. The standard InChI is InChI=1S/C12H14ClFN2O2/c13-10-9(14)11(17)16(12(18)15-10)5-8-4-6-1-2-7(8)3-6/h6-8H,1-5H2,(H,15,18). The molecule has 2 bridgehead atoms. The van der Waals surface area contributed by atoms with Crippen LogP contribution in [0.15, 0.2) is 9.59 Å². The number of rotatable bonds is 2. The van der Waals surface area contributed by atoms with Crippen molar-refractivity contribution in [1.82, 2.24) is 9.55 Å². The molecule has 0 saturated heterocycles. The van der Waals surface area contributed by atoms with E-state index in [-0.39, 0.29) is 0 Å². The Morgan fingerprint density at radius 2 is 2.11 bits per heavy atom. The van der Waals surface area contributed by atoms with Crippen molar-refractivity contribution < 1.29 is 4.39 Å². The van der Waals surface area contributed by atoms with Gasteiger partial charge in [-0.25, -0.2) is 4.79 Å². The summed E-state index contributed by atoms with van der Waals surface area (Å²) in [4.78, 5) is 25.5. The fourth-order valence-corrected chi connectivity index (χ4v) is 3.68. The Bertz CT molecular complexity index is 595. The average molecular weight is 273 g/mol. The zero-order valence-electron chi connectivity index (χ0n) is 9.79. The second-order valence-electron chi connectivity index (χ2n) is 5.41. The highest BCUT2D eigenvalue weighted by molar-refractivity contribution is 6.29. The van der Waals surface area contributed by atoms with Crippen molar-refractivity contribution in [2.75, 3.05) is 0 Å². The van der Waals surface area contributed by atoms with Gasteiger partial charge in [-0.05, 0) is 37.0 Å². The molecule has 0 aliphatic heterocycles. The molecule has 6 heteroatoms. The van der Waals surface area contributed by atoms with Crippen LogP contribution in [0.25, 0.3) is 0 Å². The van der Waals surface area contributed by atoms with Crippen LogP contribution in [0.3, 0.4) is 0 Å². The Balaban J connectivity index is 1.92. The Morgan fingerprint density at radius 1 is 1.33 bits per heavy atom. The maximum absolute atomic E-state index is 13.4. The Labute approximate surface area is 108 Å². The number of hydrogen-bond donors (Lipinski definition) is 1. The normalized spacial score (nSPS) is 30.0. The number of aromatic nitrogens is 2. The summed E-state index contributed by atoms with van der Waals surface area (Å²) in [6.45, 7) is 0.309. The van der Waals surface area contributed by atoms with Crippen LogP contribution in [0.2, 0.25) is 5.15 Å². The van der Waals surface area contributed by atoms with Crippen molar-refractivity contribution in [2.45, 2.75) is 32.2 Å². The lowest BCUT2D eigenvalue weighted by Crippen LogP contribution is -2.39. The molecule has 18 heavy (non-hydrogen) atoms. The summed E-state index contributed by atoms with van der Waals surface area (Å²) < 4.78 is 14.3. The van der Waals surface area contributed by atoms with E-state index < -0.39 is 22.2 Å². The highest BCUT2D eigenvalue weighted by Crippen LogP contribution is 2.48. The third-order valence-corrected chi connectivity index (χ3v) is 4.65. The second-order valence-corrected chi connectivity index (χ2v) is 5.79. The van der Waals surface area contributed by atoms with E-state index in [0.29, 0.717) is 18.4 Å². The molecule has 2 aliphatic carbocycles. The topological polar surface area (TPSA) is 54.9 Å². The summed E-state index contributed by atoms with van der Waals surface area (Å²) in [7, 11) is 0. The summed E-state index contributed by atoms with van der Waals surface area (Å²) >= 11 is 5.43. The smallest absolute Gasteiger partial charge is 0.295 e. The van der Waals surface area contributed by atoms with Gasteiger partial charge in [-0.1, -0.05) is 18.0 Å². The first-order chi connectivity index (χ1) is 8.56. The summed E-state index contributed by atoms with van der Waals surface area (Å²) in [6, 6.07) is 0. The van der Waals surface area contributed by atoms with E-state index >= 15 is 0 Å². The molecule has 98 valence electrons. The molecule has 0 aromatic carbocycles. The van der Waals surface area contributed by atoms with Gasteiger partial charge in [0.2, 0.25) is 5.82 Å². The molecule has 1 aromatic rings. The van der Waals surface area contributed by atoms with E-state index in [4.69, 9.17) is 11.6 Å². The van der Waals surface area contributed by atoms with E-state index in [2.05, 4.69) is 4.98 Å². The highest BCUT2D eigenvalue weighted by Gasteiger charge is 2.39. The van der Waals surface area contributed by atoms with Crippen LogP contribution >= 0.6 is 11.6 Å². The first-order valence-electron chi connectivity index (χ1n) is 6.24. The summed E-state index contributed by atoms with van der Waals surface area (Å²) in [5, 5.41) is -0.505. The molecule has 4 nitrogen and oxygen atoms in total. The summed E-state index contributed by atoms with van der Waals surface area (Å²) in [6.07, 6.45) is 4.65. The van der Waals surface area contributed by atoms with E-state index in [1.165, 1.54) is 12.8 Å². The Morgan fingerprint density at radius 3 is 2.72 bits per heavy atom. The van der Waals surface area contributed by atoms with Crippen molar-refractivity contribution in [3.05, 3.63) is 31.8 Å². The van der Waals surface area contributed by atoms with Crippen molar-refractivity contribution >= 4 is 11.6 Å². The number of nitrogens with one attached hydrogen (secondary N) is 1. The lowest BCUT2D eigenvalue weighted by Gasteiger charge is -2.21. The lowest BCUT2D eigenvalue weighted by molar-refractivity contribution is 0.286. The molecule has 0 spiro atoms. The molecule has 0 radical (unpaired) electrons. The molecule has 1 N–H and O–H groups in total. The maximum Gasteiger partial charge on any atom is 0.329 e. The number of nitrogens with zero attached hydrogens (tertiary/aromatic N) is 1. The van der Waals surface area contributed by atoms with Gasteiger partial charge in [0, 0.05) is 6.54 Å². The Kier molecular flexibility index (Phi) is 2.81. The van der Waals surface area contributed by atoms with Crippen molar-refractivity contribution in [1.29, 1.82) is 0 Å². The first kappa shape index (κ1) is 12.0. The van der Waals surface area contributed by atoms with Crippen LogP contribution in [0.4, 0.5) is 4.39 Å². The number of hydrogen-bond acceptors (Lipinski definition) is 2. The highest BCUT2D eigenvalue weighted by atomic mass is 35.5. The van der Waals surface area contributed by atoms with Gasteiger partial charge < -0.3 is 0 Å². The van der Waals surface area contributed by atoms with E-state index in [1.807, 2.05) is 0 Å². The van der Waals surface area contributed by atoms with E-state index in [1.54, 1.807) is 0 Å². The molecule has 2 aliphatic rings. The van der Waals surface area contributed by atoms with Gasteiger partial charge in [0.05, 0.1) is 0 Å². The van der Waals surface area contributed by atoms with Gasteiger partial charge >= 0.3 is 5.69 Å². The molecule has 1 aromatic heterocycles. The fraction of sp³-hybridized carbons (Fsp3) is 0.667. The largest absolute Gasteiger partial charge is 0.329 e.